The summed E-state index contributed by atoms with van der Waals surface area (Å²) in [6.07, 6.45) is 4.31. The summed E-state index contributed by atoms with van der Waals surface area (Å²) >= 11 is 1.49. The second-order valence-electron chi connectivity index (χ2n) is 6.48. The highest BCUT2D eigenvalue weighted by atomic mass is 32.2. The number of hydrogen-bond acceptors (Lipinski definition) is 4. The number of sulfone groups is 1. The van der Waals surface area contributed by atoms with Crippen LogP contribution in [0.4, 0.5) is 10.1 Å². The van der Waals surface area contributed by atoms with Gasteiger partial charge in [0.05, 0.1) is 15.3 Å². The maximum atomic E-state index is 14.1. The Kier molecular flexibility index (Phi) is 5.39. The van der Waals surface area contributed by atoms with Crippen molar-refractivity contribution < 1.29 is 17.6 Å². The van der Waals surface area contributed by atoms with Gasteiger partial charge in [0.25, 0.3) is 0 Å². The Morgan fingerprint density at radius 3 is 2.38 bits per heavy atom. The molecule has 0 saturated heterocycles. The highest BCUT2D eigenvalue weighted by Gasteiger charge is 2.42. The van der Waals surface area contributed by atoms with Crippen LogP contribution in [-0.4, -0.2) is 25.3 Å². The molecule has 0 spiro atoms. The van der Waals surface area contributed by atoms with E-state index in [4.69, 9.17) is 0 Å². The van der Waals surface area contributed by atoms with Crippen LogP contribution in [0.2, 0.25) is 0 Å². The normalized spacial score (nSPS) is 16.4. The van der Waals surface area contributed by atoms with Crippen molar-refractivity contribution in [3.8, 4) is 0 Å². The molecule has 1 aliphatic carbocycles. The summed E-state index contributed by atoms with van der Waals surface area (Å²) in [5, 5.41) is 2.63. The van der Waals surface area contributed by atoms with Gasteiger partial charge >= 0.3 is 0 Å². The van der Waals surface area contributed by atoms with Crippen molar-refractivity contribution in [3.05, 3.63) is 54.3 Å². The maximum absolute atomic E-state index is 14.1. The molecule has 1 saturated carbocycles. The van der Waals surface area contributed by atoms with Gasteiger partial charge < -0.3 is 5.32 Å². The van der Waals surface area contributed by atoms with Crippen LogP contribution in [0.1, 0.15) is 25.7 Å². The second kappa shape index (κ2) is 7.40. The molecular formula is C19H20FNO3S2. The van der Waals surface area contributed by atoms with Crippen LogP contribution >= 0.6 is 11.8 Å². The summed E-state index contributed by atoms with van der Waals surface area (Å²) in [6, 6.07) is 13.1. The molecule has 2 aromatic rings. The average Bonchev–Trinajstić information content (AvgIpc) is 3.06. The summed E-state index contributed by atoms with van der Waals surface area (Å²) < 4.78 is 36.9. The first-order valence-electron chi connectivity index (χ1n) is 8.35. The number of rotatable bonds is 5. The number of amides is 1. The molecule has 0 aliphatic heterocycles. The summed E-state index contributed by atoms with van der Waals surface area (Å²) in [5.74, 6) is -0.933. The molecule has 1 fully saturated rings. The summed E-state index contributed by atoms with van der Waals surface area (Å²) in [7, 11) is -3.48. The Hall–Kier alpha value is -1.86. The van der Waals surface area contributed by atoms with E-state index in [9.17, 15) is 17.6 Å². The van der Waals surface area contributed by atoms with E-state index in [1.54, 1.807) is 0 Å². The SMILES string of the molecule is CS(=O)(=O)c1ccc(F)c(NC(=O)C2(Sc3ccccc3)CCCC2)c1. The summed E-state index contributed by atoms with van der Waals surface area (Å²) in [5.41, 5.74) is -0.0992. The number of nitrogens with one attached hydrogen (secondary N) is 1. The van der Waals surface area contributed by atoms with Gasteiger partial charge in [0.1, 0.15) is 5.82 Å². The van der Waals surface area contributed by atoms with Crippen LogP contribution in [0.15, 0.2) is 58.3 Å². The molecule has 0 unspecified atom stereocenters. The van der Waals surface area contributed by atoms with Crippen molar-refractivity contribution in [1.29, 1.82) is 0 Å². The van der Waals surface area contributed by atoms with E-state index in [1.165, 1.54) is 23.9 Å². The van der Waals surface area contributed by atoms with Crippen molar-refractivity contribution in [2.75, 3.05) is 11.6 Å². The van der Waals surface area contributed by atoms with Crippen LogP contribution < -0.4 is 5.32 Å². The quantitative estimate of drug-likeness (QED) is 0.771. The molecule has 2 aromatic carbocycles. The third kappa shape index (κ3) is 4.10. The molecule has 26 heavy (non-hydrogen) atoms. The standard InChI is InChI=1S/C19H20FNO3S2/c1-26(23,24)15-9-10-16(20)17(13-15)21-18(22)19(11-5-6-12-19)25-14-7-3-2-4-8-14/h2-4,7-10,13H,5-6,11-12H2,1H3,(H,21,22). The van der Waals surface area contributed by atoms with Crippen molar-refractivity contribution in [1.82, 2.24) is 0 Å². The zero-order valence-corrected chi connectivity index (χ0v) is 16.0. The Bertz CT molecular complexity index is 908. The molecule has 7 heteroatoms. The van der Waals surface area contributed by atoms with Gasteiger partial charge in [-0.25, -0.2) is 12.8 Å². The van der Waals surface area contributed by atoms with E-state index in [0.29, 0.717) is 12.8 Å². The Balaban J connectivity index is 1.87. The Labute approximate surface area is 157 Å². The molecular weight excluding hydrogens is 373 g/mol. The van der Waals surface area contributed by atoms with Gasteiger partial charge in [0.15, 0.2) is 9.84 Å². The lowest BCUT2D eigenvalue weighted by molar-refractivity contribution is -0.118. The lowest BCUT2D eigenvalue weighted by Crippen LogP contribution is -2.37. The van der Waals surface area contributed by atoms with Crippen LogP contribution in [0.3, 0.4) is 0 Å². The molecule has 4 nitrogen and oxygen atoms in total. The molecule has 1 amide bonds. The third-order valence-corrected chi connectivity index (χ3v) is 7.10. The highest BCUT2D eigenvalue weighted by Crippen LogP contribution is 2.46. The minimum absolute atomic E-state index is 0.0228. The van der Waals surface area contributed by atoms with Gasteiger partial charge in [0.2, 0.25) is 5.91 Å². The molecule has 0 atom stereocenters. The molecule has 1 N–H and O–H groups in total. The van der Waals surface area contributed by atoms with E-state index in [0.717, 1.165) is 30.1 Å². The topological polar surface area (TPSA) is 63.2 Å². The fraction of sp³-hybridized carbons (Fsp3) is 0.316. The number of hydrogen-bond donors (Lipinski definition) is 1. The smallest absolute Gasteiger partial charge is 0.241 e. The van der Waals surface area contributed by atoms with Crippen molar-refractivity contribution in [3.63, 3.8) is 0 Å². The van der Waals surface area contributed by atoms with Crippen molar-refractivity contribution in [2.45, 2.75) is 40.2 Å². The molecule has 3 rings (SSSR count). The Morgan fingerprint density at radius 2 is 1.77 bits per heavy atom. The summed E-state index contributed by atoms with van der Waals surface area (Å²) in [4.78, 5) is 14.0. The Morgan fingerprint density at radius 1 is 1.12 bits per heavy atom. The van der Waals surface area contributed by atoms with Gasteiger partial charge in [-0.05, 0) is 43.2 Å². The predicted octanol–water partition coefficient (Wildman–Crippen LogP) is 4.27. The number of carbonyl (C=O) groups excluding carboxylic acids is 1. The lowest BCUT2D eigenvalue weighted by atomic mass is 10.1. The first kappa shape index (κ1) is 18.9. The zero-order chi connectivity index (χ0) is 18.8. The monoisotopic (exact) mass is 393 g/mol. The molecule has 138 valence electrons. The van der Waals surface area contributed by atoms with Crippen molar-refractivity contribution >= 4 is 33.2 Å². The van der Waals surface area contributed by atoms with E-state index < -0.39 is 20.4 Å². The minimum atomic E-state index is -3.48. The number of thioether (sulfide) groups is 1. The largest absolute Gasteiger partial charge is 0.322 e. The van der Waals surface area contributed by atoms with Gasteiger partial charge in [-0.2, -0.15) is 0 Å². The average molecular weight is 394 g/mol. The number of carbonyl (C=O) groups is 1. The van der Waals surface area contributed by atoms with E-state index >= 15 is 0 Å². The molecule has 0 aromatic heterocycles. The maximum Gasteiger partial charge on any atom is 0.241 e. The number of benzene rings is 2. The molecule has 1 aliphatic rings. The zero-order valence-electron chi connectivity index (χ0n) is 14.4. The van der Waals surface area contributed by atoms with Gasteiger partial charge in [-0.3, -0.25) is 4.79 Å². The predicted molar refractivity (Wildman–Crippen MR) is 102 cm³/mol. The highest BCUT2D eigenvalue weighted by molar-refractivity contribution is 8.01. The third-order valence-electron chi connectivity index (χ3n) is 4.50. The first-order chi connectivity index (χ1) is 12.3. The van der Waals surface area contributed by atoms with Crippen LogP contribution in [0.25, 0.3) is 0 Å². The summed E-state index contributed by atoms with van der Waals surface area (Å²) in [6.45, 7) is 0. The fourth-order valence-corrected chi connectivity index (χ4v) is 5.13. The first-order valence-corrected chi connectivity index (χ1v) is 11.1. The lowest BCUT2D eigenvalue weighted by Gasteiger charge is -2.27. The fourth-order valence-electron chi connectivity index (χ4n) is 3.10. The molecule has 0 heterocycles. The van der Waals surface area contributed by atoms with E-state index in [-0.39, 0.29) is 16.5 Å². The van der Waals surface area contributed by atoms with Gasteiger partial charge in [-0.15, -0.1) is 11.8 Å². The minimum Gasteiger partial charge on any atom is -0.322 e. The van der Waals surface area contributed by atoms with E-state index in [2.05, 4.69) is 5.32 Å². The second-order valence-corrected chi connectivity index (χ2v) is 9.96. The molecule has 0 radical (unpaired) electrons. The van der Waals surface area contributed by atoms with Crippen LogP contribution in [0, 0.1) is 5.82 Å². The van der Waals surface area contributed by atoms with Gasteiger partial charge in [0, 0.05) is 11.2 Å². The van der Waals surface area contributed by atoms with Crippen molar-refractivity contribution in [2.24, 2.45) is 0 Å². The van der Waals surface area contributed by atoms with E-state index in [1.807, 2.05) is 30.3 Å². The molecule has 0 bridgehead atoms. The number of halogens is 1. The van der Waals surface area contributed by atoms with Crippen LogP contribution in [-0.2, 0) is 14.6 Å². The number of anilines is 1. The van der Waals surface area contributed by atoms with Crippen LogP contribution in [0.5, 0.6) is 0 Å². The van der Waals surface area contributed by atoms with Gasteiger partial charge in [-0.1, -0.05) is 31.0 Å².